The van der Waals surface area contributed by atoms with E-state index in [4.69, 9.17) is 17.3 Å². The summed E-state index contributed by atoms with van der Waals surface area (Å²) in [4.78, 5) is 4.19. The summed E-state index contributed by atoms with van der Waals surface area (Å²) in [5.41, 5.74) is 8.23. The fourth-order valence-electron chi connectivity index (χ4n) is 1.87. The maximum Gasteiger partial charge on any atom is 0.201 e. The van der Waals surface area contributed by atoms with Gasteiger partial charge in [-0.05, 0) is 28.5 Å². The van der Waals surface area contributed by atoms with Gasteiger partial charge in [-0.25, -0.2) is 9.37 Å². The van der Waals surface area contributed by atoms with Gasteiger partial charge in [0.1, 0.15) is 5.82 Å². The van der Waals surface area contributed by atoms with Gasteiger partial charge in [0.25, 0.3) is 0 Å². The molecule has 0 fully saturated rings. The van der Waals surface area contributed by atoms with Gasteiger partial charge in [0.15, 0.2) is 0 Å². The second-order valence-electron chi connectivity index (χ2n) is 3.94. The zero-order valence-electron chi connectivity index (χ0n) is 9.23. The van der Waals surface area contributed by atoms with E-state index in [1.165, 1.54) is 12.1 Å². The fourth-order valence-corrected chi connectivity index (χ4v) is 2.69. The molecule has 0 amide bonds. The van der Waals surface area contributed by atoms with E-state index in [0.717, 1.165) is 5.56 Å². The number of benzene rings is 1. The van der Waals surface area contributed by atoms with Crippen LogP contribution in [-0.4, -0.2) is 9.55 Å². The van der Waals surface area contributed by atoms with E-state index in [0.29, 0.717) is 23.5 Å². The number of aromatic nitrogens is 2. The first-order chi connectivity index (χ1) is 8.65. The van der Waals surface area contributed by atoms with Gasteiger partial charge in [-0.3, -0.25) is 0 Å². The molecular formula is C12H9ClFN3S. The molecular weight excluding hydrogens is 273 g/mol. The number of rotatable bonds is 2. The Hall–Kier alpha value is -1.59. The van der Waals surface area contributed by atoms with Crippen LogP contribution >= 0.6 is 22.9 Å². The Bertz CT molecular complexity index is 706. The molecule has 0 radical (unpaired) electrons. The number of thiophene rings is 1. The van der Waals surface area contributed by atoms with E-state index < -0.39 is 5.82 Å². The van der Waals surface area contributed by atoms with Crippen LogP contribution in [0.15, 0.2) is 29.0 Å². The maximum absolute atomic E-state index is 13.5. The molecule has 2 heterocycles. The van der Waals surface area contributed by atoms with Crippen molar-refractivity contribution in [2.45, 2.75) is 6.54 Å². The van der Waals surface area contributed by atoms with Crippen LogP contribution < -0.4 is 5.73 Å². The van der Waals surface area contributed by atoms with Gasteiger partial charge in [0.2, 0.25) is 5.95 Å². The molecule has 3 rings (SSSR count). The van der Waals surface area contributed by atoms with Gasteiger partial charge < -0.3 is 10.3 Å². The smallest absolute Gasteiger partial charge is 0.201 e. The van der Waals surface area contributed by atoms with E-state index in [-0.39, 0.29) is 5.02 Å². The van der Waals surface area contributed by atoms with Crippen LogP contribution in [-0.2, 0) is 6.54 Å². The Morgan fingerprint density at radius 3 is 3.00 bits per heavy atom. The number of fused-ring (bicyclic) bond motifs is 1. The lowest BCUT2D eigenvalue weighted by Crippen LogP contribution is -2.03. The molecule has 0 spiro atoms. The third-order valence-electron chi connectivity index (χ3n) is 2.74. The molecule has 92 valence electrons. The lowest BCUT2D eigenvalue weighted by atomic mass is 10.3. The minimum atomic E-state index is -0.462. The summed E-state index contributed by atoms with van der Waals surface area (Å²) in [5, 5.41) is 4.07. The number of nitrogen functional groups attached to an aromatic ring is 1. The third-order valence-corrected chi connectivity index (χ3v) is 3.76. The van der Waals surface area contributed by atoms with Crippen molar-refractivity contribution in [3.8, 4) is 0 Å². The highest BCUT2D eigenvalue weighted by molar-refractivity contribution is 7.07. The lowest BCUT2D eigenvalue weighted by Gasteiger charge is -2.05. The normalized spacial score (nSPS) is 11.2. The summed E-state index contributed by atoms with van der Waals surface area (Å²) in [6.45, 7) is 0.576. The van der Waals surface area contributed by atoms with Crippen molar-refractivity contribution in [3.63, 3.8) is 0 Å². The van der Waals surface area contributed by atoms with Crippen molar-refractivity contribution >= 4 is 39.9 Å². The summed E-state index contributed by atoms with van der Waals surface area (Å²) in [6.07, 6.45) is 0. The van der Waals surface area contributed by atoms with Crippen LogP contribution in [0, 0.1) is 5.82 Å². The zero-order chi connectivity index (χ0) is 12.7. The summed E-state index contributed by atoms with van der Waals surface area (Å²) < 4.78 is 15.3. The molecule has 1 aromatic carbocycles. The van der Waals surface area contributed by atoms with Crippen molar-refractivity contribution in [3.05, 3.63) is 45.4 Å². The Morgan fingerprint density at radius 1 is 1.44 bits per heavy atom. The van der Waals surface area contributed by atoms with Crippen molar-refractivity contribution in [2.24, 2.45) is 0 Å². The minimum absolute atomic E-state index is 0.0580. The molecule has 0 saturated heterocycles. The molecule has 2 aromatic heterocycles. The van der Waals surface area contributed by atoms with Crippen molar-refractivity contribution in [1.29, 1.82) is 0 Å². The highest BCUT2D eigenvalue weighted by Crippen LogP contribution is 2.25. The third kappa shape index (κ3) is 1.85. The molecule has 0 bridgehead atoms. The van der Waals surface area contributed by atoms with Crippen molar-refractivity contribution in [2.75, 3.05) is 5.73 Å². The summed E-state index contributed by atoms with van der Waals surface area (Å²) in [5.74, 6) is -0.103. The average molecular weight is 282 g/mol. The minimum Gasteiger partial charge on any atom is -0.369 e. The van der Waals surface area contributed by atoms with Gasteiger partial charge in [-0.15, -0.1) is 0 Å². The van der Waals surface area contributed by atoms with Gasteiger partial charge >= 0.3 is 0 Å². The predicted molar refractivity (Wildman–Crippen MR) is 72.5 cm³/mol. The maximum atomic E-state index is 13.5. The van der Waals surface area contributed by atoms with E-state index in [1.807, 2.05) is 16.8 Å². The van der Waals surface area contributed by atoms with Crippen molar-refractivity contribution < 1.29 is 4.39 Å². The van der Waals surface area contributed by atoms with E-state index in [1.54, 1.807) is 15.9 Å². The van der Waals surface area contributed by atoms with Crippen LogP contribution in [0.25, 0.3) is 11.0 Å². The van der Waals surface area contributed by atoms with Crippen LogP contribution in [0.4, 0.5) is 10.3 Å². The SMILES string of the molecule is Nc1nc2cc(Cl)c(F)cc2n1Cc1ccsc1. The van der Waals surface area contributed by atoms with Crippen LogP contribution in [0.1, 0.15) is 5.56 Å². The quantitative estimate of drug-likeness (QED) is 0.781. The summed E-state index contributed by atoms with van der Waals surface area (Å²) in [6, 6.07) is 4.86. The Labute approximate surface area is 112 Å². The number of hydrogen-bond donors (Lipinski definition) is 1. The first-order valence-electron chi connectivity index (χ1n) is 5.27. The van der Waals surface area contributed by atoms with Gasteiger partial charge in [0.05, 0.1) is 22.6 Å². The second-order valence-corrected chi connectivity index (χ2v) is 5.13. The highest BCUT2D eigenvalue weighted by atomic mass is 35.5. The second kappa shape index (κ2) is 4.26. The van der Waals surface area contributed by atoms with E-state index in [9.17, 15) is 4.39 Å². The molecule has 0 aliphatic heterocycles. The molecule has 0 aliphatic rings. The molecule has 3 aromatic rings. The van der Waals surface area contributed by atoms with Gasteiger partial charge in [-0.2, -0.15) is 11.3 Å². The number of hydrogen-bond acceptors (Lipinski definition) is 3. The molecule has 18 heavy (non-hydrogen) atoms. The molecule has 0 unspecified atom stereocenters. The zero-order valence-corrected chi connectivity index (χ0v) is 10.8. The van der Waals surface area contributed by atoms with Crippen LogP contribution in [0.3, 0.4) is 0 Å². The number of nitrogens with zero attached hydrogens (tertiary/aromatic N) is 2. The Balaban J connectivity index is 2.16. The Kier molecular flexibility index (Phi) is 2.72. The molecule has 0 saturated carbocycles. The first-order valence-corrected chi connectivity index (χ1v) is 6.59. The largest absolute Gasteiger partial charge is 0.369 e. The topological polar surface area (TPSA) is 43.8 Å². The number of anilines is 1. The lowest BCUT2D eigenvalue weighted by molar-refractivity contribution is 0.629. The van der Waals surface area contributed by atoms with E-state index in [2.05, 4.69) is 4.98 Å². The molecule has 0 aliphatic carbocycles. The predicted octanol–water partition coefficient (Wildman–Crippen LogP) is 3.52. The summed E-state index contributed by atoms with van der Waals surface area (Å²) in [7, 11) is 0. The highest BCUT2D eigenvalue weighted by Gasteiger charge is 2.12. The molecule has 0 atom stereocenters. The van der Waals surface area contributed by atoms with Crippen LogP contribution in [0.5, 0.6) is 0 Å². The monoisotopic (exact) mass is 281 g/mol. The summed E-state index contributed by atoms with van der Waals surface area (Å²) >= 11 is 7.34. The first kappa shape index (κ1) is 11.5. The fraction of sp³-hybridized carbons (Fsp3) is 0.0833. The van der Waals surface area contributed by atoms with E-state index >= 15 is 0 Å². The van der Waals surface area contributed by atoms with Gasteiger partial charge in [0, 0.05) is 6.07 Å². The number of imidazole rings is 1. The average Bonchev–Trinajstić information content (AvgIpc) is 2.92. The number of halogens is 2. The number of nitrogens with two attached hydrogens (primary N) is 1. The standard InChI is InChI=1S/C12H9ClFN3S/c13-8-3-10-11(4-9(8)14)17(12(15)16-10)5-7-1-2-18-6-7/h1-4,6H,5H2,(H2,15,16). The van der Waals surface area contributed by atoms with Gasteiger partial charge in [-0.1, -0.05) is 11.6 Å². The molecule has 2 N–H and O–H groups in total. The Morgan fingerprint density at radius 2 is 2.28 bits per heavy atom. The molecule has 3 nitrogen and oxygen atoms in total. The molecule has 6 heteroatoms. The van der Waals surface area contributed by atoms with Crippen LogP contribution in [0.2, 0.25) is 5.02 Å². The van der Waals surface area contributed by atoms with Crippen molar-refractivity contribution in [1.82, 2.24) is 9.55 Å².